The number of halogens is 3. The van der Waals surface area contributed by atoms with E-state index in [0.29, 0.717) is 63.6 Å². The highest BCUT2D eigenvalue weighted by Gasteiger charge is 2.52. The summed E-state index contributed by atoms with van der Waals surface area (Å²) < 4.78 is 11.5. The predicted octanol–water partition coefficient (Wildman–Crippen LogP) is 8.99. The van der Waals surface area contributed by atoms with Gasteiger partial charge in [-0.15, -0.1) is 0 Å². The molecule has 8 nitrogen and oxygen atoms in total. The minimum absolute atomic E-state index is 0.116. The quantitative estimate of drug-likeness (QED) is 0.0633. The molecule has 1 aliphatic heterocycles. The lowest BCUT2D eigenvalue weighted by atomic mass is 9.81. The van der Waals surface area contributed by atoms with E-state index in [-0.39, 0.29) is 44.7 Å². The number of hydrogen-bond donors (Lipinski definition) is 0. The van der Waals surface area contributed by atoms with Crippen LogP contribution >= 0.6 is 43.5 Å². The Morgan fingerprint density at radius 3 is 2.16 bits per heavy atom. The number of amides is 2. The summed E-state index contributed by atoms with van der Waals surface area (Å²) >= 11 is 13.6. The minimum atomic E-state index is -1.09. The summed E-state index contributed by atoms with van der Waals surface area (Å²) in [6.45, 7) is 1.93. The van der Waals surface area contributed by atoms with Crippen LogP contribution in [0.25, 0.3) is 22.2 Å². The van der Waals surface area contributed by atoms with Crippen molar-refractivity contribution in [2.45, 2.75) is 42.1 Å². The zero-order valence-corrected chi connectivity index (χ0v) is 31.2. The van der Waals surface area contributed by atoms with E-state index in [1.54, 1.807) is 72.8 Å². The maximum atomic E-state index is 13.7. The standard InChI is InChI=1S/C40H31Br2ClN2O6/c1-22(37(46)25-9-14-28(15-10-25)50-21-23-5-3-2-4-6-23)51-40(49)32-20-36(44-35-16-11-26(43)17-29(32)35)24-7-12-27(13-8-24)45-38(47)30-18-33(41)34(42)19-31(30)39(45)48/h2-17,20,22,30-31,33-34H,18-19,21H2,1H3. The van der Waals surface area contributed by atoms with Crippen molar-refractivity contribution < 1.29 is 28.7 Å². The van der Waals surface area contributed by atoms with E-state index in [2.05, 4.69) is 31.9 Å². The summed E-state index contributed by atoms with van der Waals surface area (Å²) in [5.41, 5.74) is 3.69. The summed E-state index contributed by atoms with van der Waals surface area (Å²) in [7, 11) is 0. The van der Waals surface area contributed by atoms with E-state index >= 15 is 0 Å². The molecule has 1 aromatic heterocycles. The van der Waals surface area contributed by atoms with Gasteiger partial charge in [0.1, 0.15) is 12.4 Å². The predicted molar refractivity (Wildman–Crippen MR) is 203 cm³/mol. The van der Waals surface area contributed by atoms with Crippen LogP contribution in [0.2, 0.25) is 5.02 Å². The second-order valence-electron chi connectivity index (χ2n) is 12.7. The van der Waals surface area contributed by atoms with E-state index in [4.69, 9.17) is 26.1 Å². The molecule has 5 aromatic rings. The maximum Gasteiger partial charge on any atom is 0.339 e. The Bertz CT molecular complexity index is 2120. The third kappa shape index (κ3) is 7.22. The molecule has 0 N–H and O–H groups in total. The van der Waals surface area contributed by atoms with Crippen LogP contribution in [0.3, 0.4) is 0 Å². The number of ketones is 1. The lowest BCUT2D eigenvalue weighted by Crippen LogP contribution is -2.34. The Kier molecular flexibility index (Phi) is 10.1. The molecule has 5 unspecified atom stereocenters. The molecule has 51 heavy (non-hydrogen) atoms. The van der Waals surface area contributed by atoms with Gasteiger partial charge in [-0.1, -0.05) is 85.9 Å². The van der Waals surface area contributed by atoms with Gasteiger partial charge in [0.2, 0.25) is 17.6 Å². The van der Waals surface area contributed by atoms with Crippen LogP contribution in [0.1, 0.15) is 46.0 Å². The number of rotatable bonds is 9. The van der Waals surface area contributed by atoms with Crippen LogP contribution < -0.4 is 9.64 Å². The van der Waals surface area contributed by atoms with Gasteiger partial charge in [0.05, 0.1) is 34.3 Å². The number of carbonyl (C=O) groups is 4. The fourth-order valence-corrected chi connectivity index (χ4v) is 8.02. The highest BCUT2D eigenvalue weighted by molar-refractivity contribution is 9.12. The van der Waals surface area contributed by atoms with Crippen LogP contribution in [0, 0.1) is 11.8 Å². The number of carbonyl (C=O) groups excluding carboxylic acids is 4. The number of aromatic nitrogens is 1. The highest BCUT2D eigenvalue weighted by atomic mass is 79.9. The Morgan fingerprint density at radius 1 is 0.863 bits per heavy atom. The number of alkyl halides is 2. The van der Waals surface area contributed by atoms with Crippen LogP contribution in [0.4, 0.5) is 5.69 Å². The van der Waals surface area contributed by atoms with E-state index in [1.807, 2.05) is 30.3 Å². The average Bonchev–Trinajstić information content (AvgIpc) is 3.38. The molecule has 4 aromatic carbocycles. The van der Waals surface area contributed by atoms with Gasteiger partial charge in [-0.3, -0.25) is 19.3 Å². The molecular formula is C40H31Br2ClN2O6. The summed E-state index contributed by atoms with van der Waals surface area (Å²) in [6, 6.07) is 30.0. The Balaban J connectivity index is 1.09. The lowest BCUT2D eigenvalue weighted by Gasteiger charge is -2.29. The average molecular weight is 831 g/mol. The molecule has 5 atom stereocenters. The van der Waals surface area contributed by atoms with Gasteiger partial charge in [0, 0.05) is 31.2 Å². The molecule has 0 bridgehead atoms. The van der Waals surface area contributed by atoms with Crippen molar-refractivity contribution in [3.05, 3.63) is 125 Å². The van der Waals surface area contributed by atoms with Crippen molar-refractivity contribution in [1.29, 1.82) is 0 Å². The number of hydrogen-bond acceptors (Lipinski definition) is 7. The molecule has 2 amide bonds. The molecular weight excluding hydrogens is 800 g/mol. The maximum absolute atomic E-state index is 13.7. The van der Waals surface area contributed by atoms with Gasteiger partial charge < -0.3 is 9.47 Å². The van der Waals surface area contributed by atoms with Crippen molar-refractivity contribution in [1.82, 2.24) is 4.98 Å². The summed E-state index contributed by atoms with van der Waals surface area (Å²) in [5, 5.41) is 0.880. The number of nitrogens with zero attached hydrogens (tertiary/aromatic N) is 2. The third-order valence-corrected chi connectivity index (χ3v) is 12.3. The van der Waals surface area contributed by atoms with E-state index in [9.17, 15) is 19.2 Å². The third-order valence-electron chi connectivity index (χ3n) is 9.36. The summed E-state index contributed by atoms with van der Waals surface area (Å²) in [6.07, 6.45) is 0.0896. The number of imide groups is 1. The Morgan fingerprint density at radius 2 is 1.51 bits per heavy atom. The topological polar surface area (TPSA) is 103 Å². The van der Waals surface area contributed by atoms with Crippen molar-refractivity contribution in [2.75, 3.05) is 4.90 Å². The van der Waals surface area contributed by atoms with Gasteiger partial charge in [-0.2, -0.15) is 0 Å². The van der Waals surface area contributed by atoms with Gasteiger partial charge in [-0.25, -0.2) is 9.78 Å². The number of Topliss-reactive ketones (excluding diaryl/α,β-unsaturated/α-hetero) is 1. The van der Waals surface area contributed by atoms with Gasteiger partial charge in [0.25, 0.3) is 0 Å². The normalized spacial score (nSPS) is 20.6. The second-order valence-corrected chi connectivity index (χ2v) is 15.5. The monoisotopic (exact) mass is 828 g/mol. The fraction of sp³-hybridized carbons (Fsp3) is 0.225. The number of pyridine rings is 1. The number of ether oxygens (including phenoxy) is 2. The smallest absolute Gasteiger partial charge is 0.339 e. The molecule has 11 heteroatoms. The van der Waals surface area contributed by atoms with E-state index < -0.39 is 12.1 Å². The first kappa shape index (κ1) is 35.0. The Hall–Kier alpha value is -4.38. The summed E-state index contributed by atoms with van der Waals surface area (Å²) in [4.78, 5) is 59.9. The van der Waals surface area contributed by atoms with Crippen molar-refractivity contribution in [2.24, 2.45) is 11.8 Å². The van der Waals surface area contributed by atoms with Gasteiger partial charge in [0.15, 0.2) is 6.10 Å². The molecule has 2 heterocycles. The van der Waals surface area contributed by atoms with Crippen LogP contribution in [0.5, 0.6) is 5.75 Å². The Labute approximate surface area is 316 Å². The molecule has 2 aliphatic rings. The molecule has 1 saturated carbocycles. The molecule has 2 fully saturated rings. The first-order chi connectivity index (χ1) is 24.6. The molecule has 1 aliphatic carbocycles. The molecule has 0 spiro atoms. The SMILES string of the molecule is CC(OC(=O)c1cc(-c2ccc(N3C(=O)C4CC(Br)C(Br)CC4C3=O)cc2)nc2ccc(Cl)cc12)C(=O)c1ccc(OCc2ccccc2)cc1. The van der Waals surface area contributed by atoms with Crippen molar-refractivity contribution >= 4 is 83.6 Å². The van der Waals surface area contributed by atoms with Gasteiger partial charge >= 0.3 is 5.97 Å². The lowest BCUT2D eigenvalue weighted by molar-refractivity contribution is -0.122. The first-order valence-electron chi connectivity index (χ1n) is 16.5. The van der Waals surface area contributed by atoms with Gasteiger partial charge in [-0.05, 0) is 86.0 Å². The minimum Gasteiger partial charge on any atom is -0.489 e. The molecule has 0 radical (unpaired) electrons. The number of benzene rings is 4. The van der Waals surface area contributed by atoms with Crippen LogP contribution in [-0.2, 0) is 20.9 Å². The first-order valence-corrected chi connectivity index (χ1v) is 18.7. The zero-order valence-electron chi connectivity index (χ0n) is 27.3. The fourth-order valence-electron chi connectivity index (χ4n) is 6.61. The number of esters is 1. The number of anilines is 1. The molecule has 258 valence electrons. The number of fused-ring (bicyclic) bond motifs is 2. The van der Waals surface area contributed by atoms with Crippen molar-refractivity contribution in [3.63, 3.8) is 0 Å². The van der Waals surface area contributed by atoms with E-state index in [0.717, 1.165) is 5.56 Å². The zero-order chi connectivity index (χ0) is 35.8. The largest absolute Gasteiger partial charge is 0.489 e. The molecule has 7 rings (SSSR count). The van der Waals surface area contributed by atoms with E-state index in [1.165, 1.54) is 11.8 Å². The van der Waals surface area contributed by atoms with Crippen LogP contribution in [-0.4, -0.2) is 44.3 Å². The van der Waals surface area contributed by atoms with Crippen molar-refractivity contribution in [3.8, 4) is 17.0 Å². The summed E-state index contributed by atoms with van der Waals surface area (Å²) in [5.74, 6) is -1.56. The second kappa shape index (κ2) is 14.7. The molecule has 1 saturated heterocycles. The van der Waals surface area contributed by atoms with Crippen LogP contribution in [0.15, 0.2) is 103 Å². The highest BCUT2D eigenvalue weighted by Crippen LogP contribution is 2.44.